The first kappa shape index (κ1) is 20.1. The minimum Gasteiger partial charge on any atom is -0.378 e. The van der Waals surface area contributed by atoms with E-state index in [4.69, 9.17) is 4.74 Å². The highest BCUT2D eigenvalue weighted by Gasteiger charge is 2.29. The van der Waals surface area contributed by atoms with Crippen molar-refractivity contribution in [1.82, 2.24) is 4.90 Å². The third-order valence-electron chi connectivity index (χ3n) is 5.52. The predicted octanol–water partition coefficient (Wildman–Crippen LogP) is 2.53. The lowest BCUT2D eigenvalue weighted by atomic mass is 10.1. The number of amides is 1. The molecule has 1 amide bonds. The van der Waals surface area contributed by atoms with Gasteiger partial charge in [-0.25, -0.2) is 4.39 Å². The summed E-state index contributed by atoms with van der Waals surface area (Å²) in [6, 6.07) is 11.6. The van der Waals surface area contributed by atoms with Gasteiger partial charge >= 0.3 is 0 Å². The summed E-state index contributed by atoms with van der Waals surface area (Å²) in [5, 5.41) is 11.6. The number of halogens is 1. The second-order valence-corrected chi connectivity index (χ2v) is 7.29. The molecule has 0 N–H and O–H groups in total. The Morgan fingerprint density at radius 3 is 2.20 bits per heavy atom. The van der Waals surface area contributed by atoms with Crippen LogP contribution in [0.5, 0.6) is 0 Å². The maximum Gasteiger partial charge on any atom is 0.295 e. The molecule has 0 radical (unpaired) electrons. The van der Waals surface area contributed by atoms with Crippen LogP contribution in [0.15, 0.2) is 42.5 Å². The van der Waals surface area contributed by atoms with Crippen LogP contribution in [0.3, 0.4) is 0 Å². The highest BCUT2D eigenvalue weighted by Crippen LogP contribution is 2.36. The van der Waals surface area contributed by atoms with Crippen LogP contribution in [0.25, 0.3) is 0 Å². The van der Waals surface area contributed by atoms with Gasteiger partial charge in [0.25, 0.3) is 11.6 Å². The summed E-state index contributed by atoms with van der Waals surface area (Å²) in [5.74, 6) is -0.664. The fourth-order valence-corrected chi connectivity index (χ4v) is 3.90. The molecule has 30 heavy (non-hydrogen) atoms. The molecule has 0 aliphatic carbocycles. The van der Waals surface area contributed by atoms with Crippen LogP contribution >= 0.6 is 0 Å². The first-order chi connectivity index (χ1) is 14.5. The molecule has 2 fully saturated rings. The fourth-order valence-electron chi connectivity index (χ4n) is 3.90. The van der Waals surface area contributed by atoms with Crippen LogP contribution in [-0.4, -0.2) is 68.2 Å². The Kier molecular flexibility index (Phi) is 5.80. The van der Waals surface area contributed by atoms with Gasteiger partial charge < -0.3 is 19.4 Å². The van der Waals surface area contributed by atoms with E-state index in [0.717, 1.165) is 6.07 Å². The number of hydrogen-bond acceptors (Lipinski definition) is 6. The monoisotopic (exact) mass is 414 g/mol. The number of nitrogens with zero attached hydrogens (tertiary/aromatic N) is 4. The van der Waals surface area contributed by atoms with E-state index in [0.29, 0.717) is 69.4 Å². The van der Waals surface area contributed by atoms with Gasteiger partial charge in [-0.15, -0.1) is 0 Å². The summed E-state index contributed by atoms with van der Waals surface area (Å²) < 4.78 is 20.0. The summed E-state index contributed by atoms with van der Waals surface area (Å²) in [6.45, 7) is 3.81. The Morgan fingerprint density at radius 1 is 0.933 bits per heavy atom. The summed E-state index contributed by atoms with van der Waals surface area (Å²) in [6.07, 6.45) is 0. The lowest BCUT2D eigenvalue weighted by Crippen LogP contribution is -2.49. The van der Waals surface area contributed by atoms with E-state index in [1.54, 1.807) is 23.1 Å². The van der Waals surface area contributed by atoms with Gasteiger partial charge in [0.1, 0.15) is 5.69 Å². The topological polar surface area (TPSA) is 79.2 Å². The van der Waals surface area contributed by atoms with Crippen molar-refractivity contribution in [2.45, 2.75) is 0 Å². The van der Waals surface area contributed by atoms with Gasteiger partial charge in [0.05, 0.1) is 29.9 Å². The Balaban J connectivity index is 1.54. The minimum absolute atomic E-state index is 0.0575. The Hall–Kier alpha value is -3.20. The van der Waals surface area contributed by atoms with E-state index in [9.17, 15) is 19.3 Å². The molecule has 2 aliphatic heterocycles. The van der Waals surface area contributed by atoms with Crippen molar-refractivity contribution in [2.75, 3.05) is 62.3 Å². The first-order valence-corrected chi connectivity index (χ1v) is 9.94. The lowest BCUT2D eigenvalue weighted by Gasteiger charge is -2.36. The molecule has 2 aromatic carbocycles. The van der Waals surface area contributed by atoms with Gasteiger partial charge in [-0.3, -0.25) is 14.9 Å². The zero-order valence-electron chi connectivity index (χ0n) is 16.5. The SMILES string of the molecule is O=C(c1ccccc1)N1CCN(c2cc(N3CCOCC3)c(F)cc2[N+](=O)[O-])CC1. The quantitative estimate of drug-likeness (QED) is 0.565. The molecule has 158 valence electrons. The van der Waals surface area contributed by atoms with Gasteiger partial charge in [0.2, 0.25) is 0 Å². The number of nitro benzene ring substituents is 1. The molecule has 0 aromatic heterocycles. The zero-order chi connectivity index (χ0) is 21.1. The molecule has 0 spiro atoms. The predicted molar refractivity (Wildman–Crippen MR) is 111 cm³/mol. The van der Waals surface area contributed by atoms with Crippen molar-refractivity contribution in [3.05, 3.63) is 64.0 Å². The van der Waals surface area contributed by atoms with Crippen molar-refractivity contribution in [3.8, 4) is 0 Å². The van der Waals surface area contributed by atoms with E-state index in [2.05, 4.69) is 0 Å². The Bertz CT molecular complexity index is 926. The van der Waals surface area contributed by atoms with Crippen molar-refractivity contribution < 1.29 is 18.8 Å². The second-order valence-electron chi connectivity index (χ2n) is 7.29. The summed E-state index contributed by atoms with van der Waals surface area (Å²) in [5.41, 5.74) is 1.09. The molecule has 2 heterocycles. The molecular formula is C21H23FN4O4. The number of rotatable bonds is 4. The normalized spacial score (nSPS) is 17.2. The lowest BCUT2D eigenvalue weighted by molar-refractivity contribution is -0.384. The molecule has 0 unspecified atom stereocenters. The van der Waals surface area contributed by atoms with E-state index >= 15 is 0 Å². The largest absolute Gasteiger partial charge is 0.378 e. The number of piperazine rings is 1. The number of carbonyl (C=O) groups is 1. The van der Waals surface area contributed by atoms with E-state index in [1.165, 1.54) is 0 Å². The van der Waals surface area contributed by atoms with Crippen molar-refractivity contribution >= 4 is 23.0 Å². The standard InChI is InChI=1S/C21H23FN4O4/c22-17-14-20(26(28)29)19(15-18(17)24-10-12-30-13-11-24)23-6-8-25(9-7-23)21(27)16-4-2-1-3-5-16/h1-5,14-15H,6-13H2. The fraction of sp³-hybridized carbons (Fsp3) is 0.381. The van der Waals surface area contributed by atoms with Gasteiger partial charge in [0, 0.05) is 44.8 Å². The molecule has 9 heteroatoms. The second kappa shape index (κ2) is 8.66. The van der Waals surface area contributed by atoms with E-state index < -0.39 is 10.7 Å². The van der Waals surface area contributed by atoms with Crippen molar-refractivity contribution in [2.24, 2.45) is 0 Å². The van der Waals surface area contributed by atoms with Crippen molar-refractivity contribution in [1.29, 1.82) is 0 Å². The average Bonchev–Trinajstić information content (AvgIpc) is 2.79. The van der Waals surface area contributed by atoms with Crippen LogP contribution in [0.2, 0.25) is 0 Å². The molecule has 4 rings (SSSR count). The average molecular weight is 414 g/mol. The number of benzene rings is 2. The van der Waals surface area contributed by atoms with E-state index in [1.807, 2.05) is 28.0 Å². The smallest absolute Gasteiger partial charge is 0.295 e. The number of morpholine rings is 1. The molecule has 2 aromatic rings. The van der Waals surface area contributed by atoms with Crippen LogP contribution in [0.1, 0.15) is 10.4 Å². The van der Waals surface area contributed by atoms with Gasteiger partial charge in [-0.1, -0.05) is 18.2 Å². The Morgan fingerprint density at radius 2 is 1.57 bits per heavy atom. The molecule has 0 atom stereocenters. The third-order valence-corrected chi connectivity index (χ3v) is 5.52. The van der Waals surface area contributed by atoms with Crippen LogP contribution < -0.4 is 9.80 Å². The minimum atomic E-state index is -0.606. The maximum atomic E-state index is 14.6. The van der Waals surface area contributed by atoms with Gasteiger partial charge in [0.15, 0.2) is 5.82 Å². The molecule has 0 saturated carbocycles. The molecule has 8 nitrogen and oxygen atoms in total. The molecule has 2 aliphatic rings. The summed E-state index contributed by atoms with van der Waals surface area (Å²) >= 11 is 0. The van der Waals surface area contributed by atoms with Gasteiger partial charge in [-0.2, -0.15) is 0 Å². The van der Waals surface area contributed by atoms with Crippen LogP contribution in [0.4, 0.5) is 21.5 Å². The van der Waals surface area contributed by atoms with Gasteiger partial charge in [-0.05, 0) is 18.2 Å². The summed E-state index contributed by atoms with van der Waals surface area (Å²) in [7, 11) is 0. The van der Waals surface area contributed by atoms with Crippen LogP contribution in [0, 0.1) is 15.9 Å². The maximum absolute atomic E-state index is 14.6. The third kappa shape index (κ3) is 4.06. The summed E-state index contributed by atoms with van der Waals surface area (Å²) in [4.78, 5) is 29.1. The molecule has 0 bridgehead atoms. The highest BCUT2D eigenvalue weighted by atomic mass is 19.1. The molecule has 2 saturated heterocycles. The first-order valence-electron chi connectivity index (χ1n) is 9.94. The zero-order valence-corrected chi connectivity index (χ0v) is 16.5. The number of carbonyl (C=O) groups excluding carboxylic acids is 1. The van der Waals surface area contributed by atoms with Crippen molar-refractivity contribution in [3.63, 3.8) is 0 Å². The molecular weight excluding hydrogens is 391 g/mol. The van der Waals surface area contributed by atoms with E-state index in [-0.39, 0.29) is 11.6 Å². The number of anilines is 2. The van der Waals surface area contributed by atoms with Crippen LogP contribution in [-0.2, 0) is 4.74 Å². The Labute approximate surface area is 173 Å². The number of hydrogen-bond donors (Lipinski definition) is 0. The number of ether oxygens (including phenoxy) is 1. The highest BCUT2D eigenvalue weighted by molar-refractivity contribution is 5.94. The number of nitro groups is 1.